The van der Waals surface area contributed by atoms with E-state index < -0.39 is 0 Å². The molecule has 0 spiro atoms. The van der Waals surface area contributed by atoms with Crippen LogP contribution >= 0.6 is 0 Å². The molecule has 106 valence electrons. The topological polar surface area (TPSA) is 68.4 Å². The van der Waals surface area contributed by atoms with Gasteiger partial charge in [-0.05, 0) is 36.8 Å². The molecule has 0 saturated heterocycles. The number of hydrogen-bond donors (Lipinski definition) is 1. The molecule has 0 unspecified atom stereocenters. The summed E-state index contributed by atoms with van der Waals surface area (Å²) in [6, 6.07) is 12.4. The Balaban J connectivity index is 1.98. The summed E-state index contributed by atoms with van der Waals surface area (Å²) in [5, 5.41) is 13.4. The molecular weight excluding hydrogens is 268 g/mol. The minimum absolute atomic E-state index is 0.163. The van der Waals surface area contributed by atoms with Gasteiger partial charge >= 0.3 is 0 Å². The van der Waals surface area contributed by atoms with Crippen LogP contribution in [0.2, 0.25) is 0 Å². The third-order valence-electron chi connectivity index (χ3n) is 3.19. The van der Waals surface area contributed by atoms with Gasteiger partial charge in [0.1, 0.15) is 11.5 Å². The number of methoxy groups -OCH3 is 1. The minimum Gasteiger partial charge on any atom is -0.508 e. The van der Waals surface area contributed by atoms with Gasteiger partial charge in [-0.25, -0.2) is 0 Å². The predicted octanol–water partition coefficient (Wildman–Crippen LogP) is 3.43. The second-order valence-electron chi connectivity index (χ2n) is 4.66. The molecular formula is C16H14N2O3. The molecule has 0 atom stereocenters. The number of hydrogen-bond acceptors (Lipinski definition) is 5. The van der Waals surface area contributed by atoms with Crippen molar-refractivity contribution >= 4 is 0 Å². The lowest BCUT2D eigenvalue weighted by atomic mass is 10.1. The number of nitrogens with zero attached hydrogens (tertiary/aromatic N) is 2. The zero-order valence-electron chi connectivity index (χ0n) is 11.7. The van der Waals surface area contributed by atoms with Gasteiger partial charge in [0.15, 0.2) is 0 Å². The summed E-state index contributed by atoms with van der Waals surface area (Å²) in [4.78, 5) is 4.35. The smallest absolute Gasteiger partial charge is 0.258 e. The molecule has 1 aromatic heterocycles. The van der Waals surface area contributed by atoms with E-state index in [-0.39, 0.29) is 5.75 Å². The van der Waals surface area contributed by atoms with Gasteiger partial charge < -0.3 is 14.4 Å². The lowest BCUT2D eigenvalue weighted by Crippen LogP contribution is -1.88. The normalized spacial score (nSPS) is 10.6. The molecule has 0 bridgehead atoms. The molecule has 1 N–H and O–H groups in total. The molecule has 0 aliphatic carbocycles. The highest BCUT2D eigenvalue weighted by Gasteiger charge is 2.12. The number of rotatable bonds is 3. The SMILES string of the molecule is COc1cc(-c2nc(-c3cccc(O)c3)no2)ccc1C. The van der Waals surface area contributed by atoms with Gasteiger partial charge in [-0.3, -0.25) is 0 Å². The first-order valence-corrected chi connectivity index (χ1v) is 6.45. The third-order valence-corrected chi connectivity index (χ3v) is 3.19. The number of aromatic hydroxyl groups is 1. The first-order chi connectivity index (χ1) is 10.2. The first-order valence-electron chi connectivity index (χ1n) is 6.45. The van der Waals surface area contributed by atoms with Crippen LogP contribution in [-0.4, -0.2) is 22.4 Å². The van der Waals surface area contributed by atoms with E-state index in [4.69, 9.17) is 9.26 Å². The van der Waals surface area contributed by atoms with E-state index in [0.29, 0.717) is 17.3 Å². The molecule has 3 aromatic rings. The van der Waals surface area contributed by atoms with E-state index >= 15 is 0 Å². The summed E-state index contributed by atoms with van der Waals surface area (Å²) in [5.74, 6) is 1.77. The average molecular weight is 282 g/mol. The van der Waals surface area contributed by atoms with Crippen molar-refractivity contribution in [1.82, 2.24) is 10.1 Å². The van der Waals surface area contributed by atoms with E-state index in [0.717, 1.165) is 16.9 Å². The fourth-order valence-corrected chi connectivity index (χ4v) is 2.06. The second kappa shape index (κ2) is 5.28. The average Bonchev–Trinajstić information content (AvgIpc) is 2.97. The molecule has 0 saturated carbocycles. The summed E-state index contributed by atoms with van der Waals surface area (Å²) >= 11 is 0. The molecule has 0 fully saturated rings. The summed E-state index contributed by atoms with van der Waals surface area (Å²) in [7, 11) is 1.62. The van der Waals surface area contributed by atoms with Crippen LogP contribution in [-0.2, 0) is 0 Å². The Kier molecular flexibility index (Phi) is 3.31. The number of phenolic OH excluding ortho intramolecular Hbond substituents is 1. The Labute approximate surface area is 121 Å². The van der Waals surface area contributed by atoms with Crippen LogP contribution in [0.25, 0.3) is 22.8 Å². The fraction of sp³-hybridized carbons (Fsp3) is 0.125. The maximum Gasteiger partial charge on any atom is 0.258 e. The number of aromatic nitrogens is 2. The maximum absolute atomic E-state index is 9.49. The van der Waals surface area contributed by atoms with Crippen molar-refractivity contribution in [2.75, 3.05) is 7.11 Å². The lowest BCUT2D eigenvalue weighted by Gasteiger charge is -2.04. The Bertz CT molecular complexity index is 781. The Morgan fingerprint density at radius 1 is 1.10 bits per heavy atom. The van der Waals surface area contributed by atoms with E-state index in [2.05, 4.69) is 10.1 Å². The lowest BCUT2D eigenvalue weighted by molar-refractivity contribution is 0.410. The highest BCUT2D eigenvalue weighted by molar-refractivity contribution is 5.62. The van der Waals surface area contributed by atoms with Gasteiger partial charge in [0.25, 0.3) is 5.89 Å². The predicted molar refractivity (Wildman–Crippen MR) is 78.1 cm³/mol. The van der Waals surface area contributed by atoms with E-state index in [1.54, 1.807) is 25.3 Å². The van der Waals surface area contributed by atoms with E-state index in [1.165, 1.54) is 0 Å². The van der Waals surface area contributed by atoms with Crippen molar-refractivity contribution in [3.05, 3.63) is 48.0 Å². The van der Waals surface area contributed by atoms with Gasteiger partial charge in [0.2, 0.25) is 5.82 Å². The summed E-state index contributed by atoms with van der Waals surface area (Å²) < 4.78 is 10.6. The highest BCUT2D eigenvalue weighted by Crippen LogP contribution is 2.28. The molecule has 5 heteroatoms. The van der Waals surface area contributed by atoms with Crippen molar-refractivity contribution in [3.63, 3.8) is 0 Å². The Hall–Kier alpha value is -2.82. The fourth-order valence-electron chi connectivity index (χ4n) is 2.06. The maximum atomic E-state index is 9.49. The monoisotopic (exact) mass is 282 g/mol. The molecule has 1 heterocycles. The molecule has 0 amide bonds. The largest absolute Gasteiger partial charge is 0.508 e. The number of ether oxygens (including phenoxy) is 1. The van der Waals surface area contributed by atoms with Crippen LogP contribution in [0.1, 0.15) is 5.56 Å². The van der Waals surface area contributed by atoms with Crippen molar-refractivity contribution < 1.29 is 14.4 Å². The van der Waals surface area contributed by atoms with Gasteiger partial charge in [-0.2, -0.15) is 4.98 Å². The number of aryl methyl sites for hydroxylation is 1. The standard InChI is InChI=1S/C16H14N2O3/c1-10-6-7-12(9-14(10)20-2)16-17-15(18-21-16)11-4-3-5-13(19)8-11/h3-9,19H,1-2H3. The third kappa shape index (κ3) is 2.58. The van der Waals surface area contributed by atoms with Crippen LogP contribution in [0.15, 0.2) is 47.0 Å². The van der Waals surface area contributed by atoms with E-state index in [9.17, 15) is 5.11 Å². The molecule has 0 aliphatic heterocycles. The van der Waals surface area contributed by atoms with Crippen LogP contribution in [0.3, 0.4) is 0 Å². The molecule has 0 aliphatic rings. The molecule has 0 radical (unpaired) electrons. The number of phenols is 1. The second-order valence-corrected chi connectivity index (χ2v) is 4.66. The molecule has 21 heavy (non-hydrogen) atoms. The minimum atomic E-state index is 0.163. The highest BCUT2D eigenvalue weighted by atomic mass is 16.5. The van der Waals surface area contributed by atoms with E-state index in [1.807, 2.05) is 31.2 Å². The van der Waals surface area contributed by atoms with Crippen LogP contribution in [0.5, 0.6) is 11.5 Å². The summed E-state index contributed by atoms with van der Waals surface area (Å²) in [5.41, 5.74) is 2.52. The summed E-state index contributed by atoms with van der Waals surface area (Å²) in [6.07, 6.45) is 0. The molecule has 3 rings (SSSR count). The van der Waals surface area contributed by atoms with Crippen LogP contribution < -0.4 is 4.74 Å². The first kappa shape index (κ1) is 13.2. The summed E-state index contributed by atoms with van der Waals surface area (Å²) in [6.45, 7) is 1.97. The van der Waals surface area contributed by atoms with Gasteiger partial charge in [0.05, 0.1) is 7.11 Å². The van der Waals surface area contributed by atoms with Crippen molar-refractivity contribution in [1.29, 1.82) is 0 Å². The Morgan fingerprint density at radius 3 is 2.71 bits per heavy atom. The van der Waals surface area contributed by atoms with Gasteiger partial charge in [-0.1, -0.05) is 23.4 Å². The van der Waals surface area contributed by atoms with Gasteiger partial charge in [-0.15, -0.1) is 0 Å². The zero-order valence-corrected chi connectivity index (χ0v) is 11.7. The van der Waals surface area contributed by atoms with Crippen molar-refractivity contribution in [2.45, 2.75) is 6.92 Å². The quantitative estimate of drug-likeness (QED) is 0.797. The van der Waals surface area contributed by atoms with Crippen molar-refractivity contribution in [2.24, 2.45) is 0 Å². The molecule has 5 nitrogen and oxygen atoms in total. The van der Waals surface area contributed by atoms with Crippen LogP contribution in [0, 0.1) is 6.92 Å². The van der Waals surface area contributed by atoms with Crippen molar-refractivity contribution in [3.8, 4) is 34.3 Å². The Morgan fingerprint density at radius 2 is 1.95 bits per heavy atom. The van der Waals surface area contributed by atoms with Gasteiger partial charge in [0, 0.05) is 11.1 Å². The zero-order chi connectivity index (χ0) is 14.8. The molecule has 2 aromatic carbocycles. The van der Waals surface area contributed by atoms with Crippen LogP contribution in [0.4, 0.5) is 0 Å². The number of benzene rings is 2.